The highest BCUT2D eigenvalue weighted by Gasteiger charge is 2.18. The van der Waals surface area contributed by atoms with Crippen LogP contribution >= 0.6 is 11.3 Å². The standard InChI is InChI=1S/C24H24N2O2S/c1-16-11-12-21(17(2)14-16)18(3)25-24(28)22(15-20-10-7-13-29-20)26-23(27)19-8-5-4-6-9-19/h4-15,18H,1-3H3,(H,25,28)(H,26,27)/b22-15-/t18-/m1/s1. The molecule has 5 heteroatoms. The van der Waals surface area contributed by atoms with Crippen molar-refractivity contribution in [1.29, 1.82) is 0 Å². The van der Waals surface area contributed by atoms with Gasteiger partial charge in [0, 0.05) is 10.4 Å². The fourth-order valence-electron chi connectivity index (χ4n) is 3.12. The van der Waals surface area contributed by atoms with E-state index >= 15 is 0 Å². The van der Waals surface area contributed by atoms with E-state index in [1.165, 1.54) is 16.9 Å². The van der Waals surface area contributed by atoms with Crippen LogP contribution in [0, 0.1) is 13.8 Å². The van der Waals surface area contributed by atoms with Crippen molar-refractivity contribution in [2.45, 2.75) is 26.8 Å². The molecule has 3 aromatic rings. The Kier molecular flexibility index (Phi) is 6.62. The number of nitrogens with one attached hydrogen (secondary N) is 2. The van der Waals surface area contributed by atoms with Gasteiger partial charge in [0.2, 0.25) is 0 Å². The highest BCUT2D eigenvalue weighted by Crippen LogP contribution is 2.20. The van der Waals surface area contributed by atoms with Crippen LogP contribution in [0.2, 0.25) is 0 Å². The van der Waals surface area contributed by atoms with E-state index in [0.717, 1.165) is 16.0 Å². The van der Waals surface area contributed by atoms with Gasteiger partial charge in [0.1, 0.15) is 5.70 Å². The molecule has 0 saturated carbocycles. The van der Waals surface area contributed by atoms with Gasteiger partial charge in [0.25, 0.3) is 11.8 Å². The number of hydrogen-bond donors (Lipinski definition) is 2. The summed E-state index contributed by atoms with van der Waals surface area (Å²) in [4.78, 5) is 26.5. The van der Waals surface area contributed by atoms with Crippen LogP contribution in [0.3, 0.4) is 0 Å². The third kappa shape index (κ3) is 5.42. The number of rotatable bonds is 6. The van der Waals surface area contributed by atoms with Crippen molar-refractivity contribution < 1.29 is 9.59 Å². The molecule has 3 rings (SSSR count). The normalized spacial score (nSPS) is 12.3. The second-order valence-corrected chi connectivity index (χ2v) is 7.93. The Morgan fingerprint density at radius 3 is 2.41 bits per heavy atom. The maximum atomic E-state index is 13.0. The fourth-order valence-corrected chi connectivity index (χ4v) is 3.78. The Labute approximate surface area is 175 Å². The maximum absolute atomic E-state index is 13.0. The predicted molar refractivity (Wildman–Crippen MR) is 119 cm³/mol. The second kappa shape index (κ2) is 9.34. The summed E-state index contributed by atoms with van der Waals surface area (Å²) in [5.41, 5.74) is 4.07. The molecule has 29 heavy (non-hydrogen) atoms. The maximum Gasteiger partial charge on any atom is 0.268 e. The molecule has 148 valence electrons. The molecular formula is C24H24N2O2S. The molecule has 0 aliphatic rings. The van der Waals surface area contributed by atoms with Crippen molar-refractivity contribution in [3.63, 3.8) is 0 Å². The summed E-state index contributed by atoms with van der Waals surface area (Å²) in [6.45, 7) is 6.02. The van der Waals surface area contributed by atoms with Crippen LogP contribution in [0.1, 0.15) is 44.9 Å². The quantitative estimate of drug-likeness (QED) is 0.567. The van der Waals surface area contributed by atoms with Gasteiger partial charge in [-0.1, -0.05) is 48.0 Å². The van der Waals surface area contributed by atoms with Crippen LogP contribution in [0.25, 0.3) is 6.08 Å². The molecule has 0 spiro atoms. The Bertz CT molecular complexity index is 1020. The highest BCUT2D eigenvalue weighted by atomic mass is 32.1. The topological polar surface area (TPSA) is 58.2 Å². The lowest BCUT2D eigenvalue weighted by atomic mass is 10.0. The first-order valence-electron chi connectivity index (χ1n) is 9.43. The minimum absolute atomic E-state index is 0.191. The lowest BCUT2D eigenvalue weighted by Gasteiger charge is -2.18. The van der Waals surface area contributed by atoms with Gasteiger partial charge in [-0.25, -0.2) is 0 Å². The molecule has 0 aliphatic heterocycles. The Hall–Kier alpha value is -3.18. The van der Waals surface area contributed by atoms with E-state index in [-0.39, 0.29) is 23.6 Å². The van der Waals surface area contributed by atoms with E-state index in [2.05, 4.69) is 16.7 Å². The van der Waals surface area contributed by atoms with Gasteiger partial charge in [-0.15, -0.1) is 11.3 Å². The summed E-state index contributed by atoms with van der Waals surface area (Å²) in [6, 6.07) is 18.6. The van der Waals surface area contributed by atoms with E-state index in [0.29, 0.717) is 5.56 Å². The minimum Gasteiger partial charge on any atom is -0.344 e. The zero-order chi connectivity index (χ0) is 20.8. The summed E-state index contributed by atoms with van der Waals surface area (Å²) < 4.78 is 0. The summed E-state index contributed by atoms with van der Waals surface area (Å²) in [7, 11) is 0. The molecule has 0 fully saturated rings. The van der Waals surface area contributed by atoms with Crippen molar-refractivity contribution in [2.24, 2.45) is 0 Å². The molecule has 2 aromatic carbocycles. The summed E-state index contributed by atoms with van der Waals surface area (Å²) in [6.07, 6.45) is 1.70. The van der Waals surface area contributed by atoms with E-state index in [9.17, 15) is 9.59 Å². The number of hydrogen-bond acceptors (Lipinski definition) is 3. The van der Waals surface area contributed by atoms with E-state index in [1.54, 1.807) is 30.3 Å². The molecule has 2 amide bonds. The first kappa shape index (κ1) is 20.6. The van der Waals surface area contributed by atoms with Crippen LogP contribution in [-0.2, 0) is 4.79 Å². The number of carbonyl (C=O) groups is 2. The molecule has 4 nitrogen and oxygen atoms in total. The summed E-state index contributed by atoms with van der Waals surface area (Å²) in [5, 5.41) is 7.71. The highest BCUT2D eigenvalue weighted by molar-refractivity contribution is 7.10. The van der Waals surface area contributed by atoms with Crippen LogP contribution in [0.5, 0.6) is 0 Å². The molecule has 0 saturated heterocycles. The van der Waals surface area contributed by atoms with Crippen molar-refractivity contribution in [3.05, 3.63) is 98.9 Å². The zero-order valence-corrected chi connectivity index (χ0v) is 17.5. The average Bonchev–Trinajstić information content (AvgIpc) is 3.21. The monoisotopic (exact) mass is 404 g/mol. The fraction of sp³-hybridized carbons (Fsp3) is 0.167. The third-order valence-electron chi connectivity index (χ3n) is 4.60. The van der Waals surface area contributed by atoms with Gasteiger partial charge in [-0.05, 0) is 61.6 Å². The van der Waals surface area contributed by atoms with Crippen molar-refractivity contribution in [3.8, 4) is 0 Å². The molecule has 2 N–H and O–H groups in total. The lowest BCUT2D eigenvalue weighted by molar-refractivity contribution is -0.118. The number of benzene rings is 2. The van der Waals surface area contributed by atoms with Gasteiger partial charge < -0.3 is 10.6 Å². The predicted octanol–water partition coefficient (Wildman–Crippen LogP) is 5.01. The van der Waals surface area contributed by atoms with E-state index < -0.39 is 0 Å². The molecule has 1 heterocycles. The smallest absolute Gasteiger partial charge is 0.268 e. The largest absolute Gasteiger partial charge is 0.344 e. The van der Waals surface area contributed by atoms with Crippen LogP contribution in [-0.4, -0.2) is 11.8 Å². The van der Waals surface area contributed by atoms with Gasteiger partial charge in [0.15, 0.2) is 0 Å². The number of carbonyl (C=O) groups excluding carboxylic acids is 2. The van der Waals surface area contributed by atoms with Crippen LogP contribution in [0.15, 0.2) is 71.7 Å². The molecule has 0 aliphatic carbocycles. The number of aryl methyl sites for hydroxylation is 2. The first-order chi connectivity index (χ1) is 13.9. The Morgan fingerprint density at radius 2 is 1.76 bits per heavy atom. The van der Waals surface area contributed by atoms with Crippen LogP contribution in [0.4, 0.5) is 0 Å². The van der Waals surface area contributed by atoms with Crippen molar-refractivity contribution in [2.75, 3.05) is 0 Å². The van der Waals surface area contributed by atoms with E-state index in [1.807, 2.05) is 56.5 Å². The SMILES string of the molecule is Cc1ccc([C@@H](C)NC(=O)/C(=C/c2cccs2)NC(=O)c2ccccc2)c(C)c1. The van der Waals surface area contributed by atoms with Gasteiger partial charge in [-0.3, -0.25) is 9.59 Å². The van der Waals surface area contributed by atoms with E-state index in [4.69, 9.17) is 0 Å². The minimum atomic E-state index is -0.324. The molecular weight excluding hydrogens is 380 g/mol. The van der Waals surface area contributed by atoms with Crippen molar-refractivity contribution >= 4 is 29.2 Å². The lowest BCUT2D eigenvalue weighted by Crippen LogP contribution is -2.36. The molecule has 0 unspecified atom stereocenters. The first-order valence-corrected chi connectivity index (χ1v) is 10.3. The zero-order valence-electron chi connectivity index (χ0n) is 16.7. The van der Waals surface area contributed by atoms with Gasteiger partial charge >= 0.3 is 0 Å². The molecule has 0 radical (unpaired) electrons. The van der Waals surface area contributed by atoms with Gasteiger partial charge in [0.05, 0.1) is 6.04 Å². The number of amides is 2. The second-order valence-electron chi connectivity index (χ2n) is 6.95. The van der Waals surface area contributed by atoms with Gasteiger partial charge in [-0.2, -0.15) is 0 Å². The average molecular weight is 405 g/mol. The Balaban J connectivity index is 1.81. The molecule has 0 bridgehead atoms. The summed E-state index contributed by atoms with van der Waals surface area (Å²) in [5.74, 6) is -0.641. The Morgan fingerprint density at radius 1 is 1.00 bits per heavy atom. The number of thiophene rings is 1. The molecule has 1 aromatic heterocycles. The van der Waals surface area contributed by atoms with Crippen LogP contribution < -0.4 is 10.6 Å². The van der Waals surface area contributed by atoms with Crippen molar-refractivity contribution in [1.82, 2.24) is 10.6 Å². The molecule has 1 atom stereocenters. The summed E-state index contributed by atoms with van der Waals surface area (Å²) >= 11 is 1.50. The third-order valence-corrected chi connectivity index (χ3v) is 5.42.